The van der Waals surface area contributed by atoms with E-state index in [1.165, 1.54) is 6.42 Å². The number of carbonyl (C=O) groups excluding carboxylic acids is 1. The molecular formula is C23H33Cl2NO2. The van der Waals surface area contributed by atoms with Crippen LogP contribution < -0.4 is 5.32 Å². The Morgan fingerprint density at radius 1 is 1.18 bits per heavy atom. The molecule has 3 nitrogen and oxygen atoms in total. The molecule has 156 valence electrons. The van der Waals surface area contributed by atoms with E-state index in [-0.39, 0.29) is 5.91 Å². The van der Waals surface area contributed by atoms with Crippen LogP contribution in [0.4, 0.5) is 0 Å². The monoisotopic (exact) mass is 425 g/mol. The molecular weight excluding hydrogens is 393 g/mol. The van der Waals surface area contributed by atoms with Crippen LogP contribution in [-0.4, -0.2) is 19.1 Å². The third-order valence-corrected chi connectivity index (χ3v) is 4.69. The van der Waals surface area contributed by atoms with Crippen LogP contribution in [0.1, 0.15) is 58.4 Å². The number of hydrogen-bond acceptors (Lipinski definition) is 2. The van der Waals surface area contributed by atoms with E-state index in [4.69, 9.17) is 27.9 Å². The molecule has 0 heterocycles. The highest BCUT2D eigenvalue weighted by molar-refractivity contribution is 6.35. The number of unbranched alkanes of at least 4 members (excludes halogenated alkanes) is 4. The molecule has 1 aromatic carbocycles. The minimum Gasteiger partial charge on any atom is -0.377 e. The lowest BCUT2D eigenvalue weighted by molar-refractivity contribution is -0.116. The fourth-order valence-corrected chi connectivity index (χ4v) is 2.98. The molecule has 0 bridgehead atoms. The average Bonchev–Trinajstić information content (AvgIpc) is 2.63. The van der Waals surface area contributed by atoms with E-state index in [9.17, 15) is 4.79 Å². The van der Waals surface area contributed by atoms with Crippen molar-refractivity contribution in [1.29, 1.82) is 0 Å². The molecule has 0 aliphatic carbocycles. The number of carbonyl (C=O) groups is 1. The van der Waals surface area contributed by atoms with Crippen molar-refractivity contribution in [1.82, 2.24) is 5.32 Å². The summed E-state index contributed by atoms with van der Waals surface area (Å²) < 4.78 is 5.68. The highest BCUT2D eigenvalue weighted by Gasteiger charge is 2.01. The van der Waals surface area contributed by atoms with Gasteiger partial charge in [-0.2, -0.15) is 0 Å². The molecule has 0 atom stereocenters. The maximum atomic E-state index is 11.7. The van der Waals surface area contributed by atoms with Gasteiger partial charge in [0.2, 0.25) is 5.91 Å². The quantitative estimate of drug-likeness (QED) is 0.216. The zero-order valence-electron chi connectivity index (χ0n) is 17.3. The Kier molecular flexibility index (Phi) is 13.0. The topological polar surface area (TPSA) is 38.3 Å². The smallest absolute Gasteiger partial charge is 0.244 e. The molecule has 1 rings (SSSR count). The van der Waals surface area contributed by atoms with E-state index >= 15 is 0 Å². The summed E-state index contributed by atoms with van der Waals surface area (Å²) in [6.45, 7) is 8.09. The molecule has 28 heavy (non-hydrogen) atoms. The minimum atomic E-state index is -0.0178. The number of benzene rings is 1. The second-order valence-corrected chi connectivity index (χ2v) is 8.26. The fourth-order valence-electron chi connectivity index (χ4n) is 2.52. The number of amides is 1. The summed E-state index contributed by atoms with van der Waals surface area (Å²) in [6.07, 6.45) is 11.4. The molecule has 0 fully saturated rings. The molecule has 0 saturated heterocycles. The lowest BCUT2D eigenvalue weighted by Gasteiger charge is -2.06. The largest absolute Gasteiger partial charge is 0.377 e. The van der Waals surface area contributed by atoms with Crippen molar-refractivity contribution in [2.24, 2.45) is 5.92 Å². The van der Waals surface area contributed by atoms with Crippen molar-refractivity contribution in [2.45, 2.75) is 59.5 Å². The van der Waals surface area contributed by atoms with Gasteiger partial charge in [0.05, 0.1) is 6.61 Å². The Labute approximate surface area is 180 Å². The number of hydrogen-bond donors (Lipinski definition) is 1. The van der Waals surface area contributed by atoms with Gasteiger partial charge in [-0.3, -0.25) is 4.79 Å². The Bertz CT molecular complexity index is 654. The Balaban J connectivity index is 2.05. The first-order valence-electron chi connectivity index (χ1n) is 10.0. The van der Waals surface area contributed by atoms with Crippen LogP contribution in [0.15, 0.2) is 42.0 Å². The predicted octanol–water partition coefficient (Wildman–Crippen LogP) is 6.74. The summed E-state index contributed by atoms with van der Waals surface area (Å²) in [7, 11) is 0. The molecule has 0 aliphatic heterocycles. The number of nitrogens with one attached hydrogen (secondary N) is 1. The van der Waals surface area contributed by atoms with Crippen molar-refractivity contribution in [3.63, 3.8) is 0 Å². The fraction of sp³-hybridized carbons (Fsp3) is 0.522. The summed E-state index contributed by atoms with van der Waals surface area (Å²) in [6, 6.07) is 5.47. The van der Waals surface area contributed by atoms with Crippen LogP contribution in [0, 0.1) is 5.92 Å². The van der Waals surface area contributed by atoms with E-state index in [0.29, 0.717) is 29.1 Å². The van der Waals surface area contributed by atoms with Crippen LogP contribution in [0.5, 0.6) is 0 Å². The lowest BCUT2D eigenvalue weighted by atomic mass is 10.1. The van der Waals surface area contributed by atoms with Crippen molar-refractivity contribution in [3.05, 3.63) is 57.6 Å². The molecule has 1 aromatic rings. The van der Waals surface area contributed by atoms with E-state index in [1.54, 1.807) is 12.1 Å². The summed E-state index contributed by atoms with van der Waals surface area (Å²) >= 11 is 12.0. The van der Waals surface area contributed by atoms with Crippen LogP contribution in [-0.2, 0) is 16.1 Å². The molecule has 0 saturated carbocycles. The van der Waals surface area contributed by atoms with Crippen LogP contribution in [0.25, 0.3) is 0 Å². The Morgan fingerprint density at radius 2 is 1.93 bits per heavy atom. The summed E-state index contributed by atoms with van der Waals surface area (Å²) in [5, 5.41) is 4.18. The Hall–Kier alpha value is -1.29. The van der Waals surface area contributed by atoms with Gasteiger partial charge in [0, 0.05) is 29.3 Å². The number of allylic oxidation sites excluding steroid dienone is 3. The van der Waals surface area contributed by atoms with Gasteiger partial charge in [-0.25, -0.2) is 0 Å². The van der Waals surface area contributed by atoms with Crippen LogP contribution in [0.2, 0.25) is 10.0 Å². The zero-order chi connectivity index (χ0) is 20.8. The first-order chi connectivity index (χ1) is 13.4. The van der Waals surface area contributed by atoms with Crippen molar-refractivity contribution in [2.75, 3.05) is 13.2 Å². The van der Waals surface area contributed by atoms with Gasteiger partial charge in [-0.05, 0) is 55.4 Å². The van der Waals surface area contributed by atoms with Gasteiger partial charge >= 0.3 is 0 Å². The van der Waals surface area contributed by atoms with Gasteiger partial charge in [-0.1, -0.05) is 68.1 Å². The van der Waals surface area contributed by atoms with Crippen LogP contribution >= 0.6 is 23.2 Å². The first kappa shape index (κ1) is 24.7. The summed E-state index contributed by atoms with van der Waals surface area (Å²) in [4.78, 5) is 11.7. The summed E-state index contributed by atoms with van der Waals surface area (Å²) in [5.41, 5.74) is 1.95. The second kappa shape index (κ2) is 14.7. The van der Waals surface area contributed by atoms with Crippen molar-refractivity contribution in [3.8, 4) is 0 Å². The molecule has 0 radical (unpaired) electrons. The van der Waals surface area contributed by atoms with Crippen molar-refractivity contribution < 1.29 is 9.53 Å². The maximum absolute atomic E-state index is 11.7. The van der Waals surface area contributed by atoms with Crippen LogP contribution in [0.3, 0.4) is 0 Å². The van der Waals surface area contributed by atoms with Gasteiger partial charge in [0.1, 0.15) is 0 Å². The zero-order valence-corrected chi connectivity index (χ0v) is 18.8. The molecule has 5 heteroatoms. The molecule has 0 aromatic heterocycles. The van der Waals surface area contributed by atoms with Gasteiger partial charge in [0.25, 0.3) is 0 Å². The standard InChI is InChI=1S/C23H33Cl2NO2/c1-18(2)16-26-23(27)14-19(3)10-8-6-4-5-7-9-13-28-17-20-11-12-21(24)15-22(20)25/h8,10-12,14-15,18H,4-7,9,13,16-17H2,1-3H3,(H,26,27)/b10-8+,19-14+. The van der Waals surface area contributed by atoms with E-state index < -0.39 is 0 Å². The lowest BCUT2D eigenvalue weighted by Crippen LogP contribution is -2.25. The molecule has 0 aliphatic rings. The van der Waals surface area contributed by atoms with Crippen molar-refractivity contribution >= 4 is 29.1 Å². The minimum absolute atomic E-state index is 0.0178. The number of halogens is 2. The van der Waals surface area contributed by atoms with E-state index in [0.717, 1.165) is 43.4 Å². The predicted molar refractivity (Wildman–Crippen MR) is 120 cm³/mol. The average molecular weight is 426 g/mol. The van der Waals surface area contributed by atoms with E-state index in [1.807, 2.05) is 25.1 Å². The molecule has 0 unspecified atom stereocenters. The maximum Gasteiger partial charge on any atom is 0.244 e. The third kappa shape index (κ3) is 12.2. The molecule has 1 N–H and O–H groups in total. The summed E-state index contributed by atoms with van der Waals surface area (Å²) in [5.74, 6) is 0.449. The molecule has 0 spiro atoms. The number of ether oxygens (including phenoxy) is 1. The van der Waals surface area contributed by atoms with Gasteiger partial charge in [-0.15, -0.1) is 0 Å². The third-order valence-electron chi connectivity index (χ3n) is 4.11. The van der Waals surface area contributed by atoms with Gasteiger partial charge < -0.3 is 10.1 Å². The number of rotatable bonds is 13. The normalized spacial score (nSPS) is 12.1. The Morgan fingerprint density at radius 3 is 2.64 bits per heavy atom. The molecule has 1 amide bonds. The van der Waals surface area contributed by atoms with E-state index in [2.05, 4.69) is 25.2 Å². The van der Waals surface area contributed by atoms with Gasteiger partial charge in [0.15, 0.2) is 0 Å². The highest BCUT2D eigenvalue weighted by atomic mass is 35.5. The SMILES string of the molecule is CC(/C=C/CCCCCCOCc1ccc(Cl)cc1Cl)=C\C(=O)NCC(C)C. The second-order valence-electron chi connectivity index (χ2n) is 7.42. The highest BCUT2D eigenvalue weighted by Crippen LogP contribution is 2.21. The first-order valence-corrected chi connectivity index (χ1v) is 10.8.